The second kappa shape index (κ2) is 7.42. The minimum atomic E-state index is -0.841. The molecule has 1 unspecified atom stereocenters. The molecule has 4 aliphatic carbocycles. The maximum atomic E-state index is 12.8. The number of rotatable bonds is 2. The first-order chi connectivity index (χ1) is 15.6. The van der Waals surface area contributed by atoms with Crippen LogP contribution in [0.2, 0.25) is 0 Å². The van der Waals surface area contributed by atoms with Crippen molar-refractivity contribution in [3.63, 3.8) is 0 Å². The Balaban J connectivity index is 1.47. The number of ether oxygens (including phenoxy) is 1. The Hall–Kier alpha value is -0.710. The third kappa shape index (κ3) is 2.97. The topological polar surface area (TPSA) is 66.8 Å². The second-order valence-corrected chi connectivity index (χ2v) is 14.6. The van der Waals surface area contributed by atoms with E-state index in [4.69, 9.17) is 4.74 Å². The van der Waals surface area contributed by atoms with Gasteiger partial charge in [-0.1, -0.05) is 53.2 Å². The van der Waals surface area contributed by atoms with E-state index in [1.165, 1.54) is 19.3 Å². The number of hydrogen-bond acceptors (Lipinski definition) is 4. The zero-order chi connectivity index (χ0) is 25.1. The van der Waals surface area contributed by atoms with Gasteiger partial charge in [-0.05, 0) is 92.3 Å². The Morgan fingerprint density at radius 2 is 1.68 bits per heavy atom. The normalized spacial score (nSPS) is 52.4. The Kier molecular flexibility index (Phi) is 5.44. The predicted octanol–water partition coefficient (Wildman–Crippen LogP) is 5.70. The molecule has 4 heteroatoms. The van der Waals surface area contributed by atoms with E-state index in [9.17, 15) is 15.0 Å². The smallest absolute Gasteiger partial charge is 0.138 e. The molecule has 0 spiro atoms. The van der Waals surface area contributed by atoms with E-state index in [1.54, 1.807) is 5.57 Å². The van der Waals surface area contributed by atoms with Gasteiger partial charge in [0.25, 0.3) is 0 Å². The molecule has 4 nitrogen and oxygen atoms in total. The Morgan fingerprint density at radius 1 is 1.00 bits per heavy atom. The molecule has 0 aromatic heterocycles. The molecule has 3 saturated carbocycles. The number of allylic oxidation sites excluding steroid dienone is 2. The molecule has 5 aliphatic rings. The molecule has 5 rings (SSSR count). The van der Waals surface area contributed by atoms with Gasteiger partial charge in [-0.15, -0.1) is 0 Å². The molecular weight excluding hydrogens is 424 g/mol. The van der Waals surface area contributed by atoms with Crippen LogP contribution in [0.15, 0.2) is 11.6 Å². The molecular formula is C30H48O4. The van der Waals surface area contributed by atoms with Gasteiger partial charge >= 0.3 is 0 Å². The SMILES string of the molecule is C[C@@H]([C@H]1OC(C)(C)[C@@H](O)[C@H]1O)[C@H]1CC[C@]2(C)C3=CCC4C(C)(C)C(=O)CC[C@]4(C)[C@H]3CC[C@@]12C. The number of fused-ring (bicyclic) bond motifs is 5. The minimum absolute atomic E-state index is 0.145. The van der Waals surface area contributed by atoms with Gasteiger partial charge in [0.2, 0.25) is 0 Å². The third-order valence-electron chi connectivity index (χ3n) is 12.6. The van der Waals surface area contributed by atoms with E-state index in [0.29, 0.717) is 23.5 Å². The number of Topliss-reactive ketones (excluding diaryl/α,β-unsaturated/α-hetero) is 1. The third-order valence-corrected chi connectivity index (χ3v) is 12.6. The first-order valence-electron chi connectivity index (χ1n) is 13.9. The summed E-state index contributed by atoms with van der Waals surface area (Å²) in [6.07, 6.45) is 8.07. The largest absolute Gasteiger partial charge is 0.388 e. The number of aliphatic hydroxyl groups excluding tert-OH is 2. The van der Waals surface area contributed by atoms with Crippen LogP contribution in [0, 0.1) is 45.3 Å². The highest BCUT2D eigenvalue weighted by molar-refractivity contribution is 5.85. The predicted molar refractivity (Wildman–Crippen MR) is 134 cm³/mol. The summed E-state index contributed by atoms with van der Waals surface area (Å²) in [7, 11) is 0. The molecule has 10 atom stereocenters. The maximum absolute atomic E-state index is 12.8. The van der Waals surface area contributed by atoms with Crippen LogP contribution in [-0.4, -0.2) is 39.9 Å². The van der Waals surface area contributed by atoms with E-state index in [0.717, 1.165) is 25.7 Å². The molecule has 0 aromatic rings. The van der Waals surface area contributed by atoms with Gasteiger partial charge < -0.3 is 14.9 Å². The van der Waals surface area contributed by atoms with E-state index < -0.39 is 17.8 Å². The summed E-state index contributed by atoms with van der Waals surface area (Å²) in [4.78, 5) is 12.8. The fourth-order valence-corrected chi connectivity index (χ4v) is 10.1. The van der Waals surface area contributed by atoms with Crippen LogP contribution in [0.25, 0.3) is 0 Å². The van der Waals surface area contributed by atoms with Crippen molar-refractivity contribution in [1.82, 2.24) is 0 Å². The van der Waals surface area contributed by atoms with Crippen molar-refractivity contribution in [2.24, 2.45) is 45.3 Å². The van der Waals surface area contributed by atoms with Crippen molar-refractivity contribution < 1.29 is 19.7 Å². The fraction of sp³-hybridized carbons (Fsp3) is 0.900. The first kappa shape index (κ1) is 25.0. The molecule has 1 saturated heterocycles. The number of aliphatic hydroxyl groups is 2. The highest BCUT2D eigenvalue weighted by Crippen LogP contribution is 2.73. The number of hydrogen-bond donors (Lipinski definition) is 2. The van der Waals surface area contributed by atoms with E-state index in [-0.39, 0.29) is 33.7 Å². The maximum Gasteiger partial charge on any atom is 0.138 e. The quantitative estimate of drug-likeness (QED) is 0.506. The molecule has 0 bridgehead atoms. The Morgan fingerprint density at radius 3 is 2.29 bits per heavy atom. The molecule has 0 amide bonds. The van der Waals surface area contributed by atoms with Crippen molar-refractivity contribution >= 4 is 5.78 Å². The minimum Gasteiger partial charge on any atom is -0.388 e. The average Bonchev–Trinajstić information content (AvgIpc) is 3.15. The fourth-order valence-electron chi connectivity index (χ4n) is 10.1. The van der Waals surface area contributed by atoms with Gasteiger partial charge in [-0.2, -0.15) is 0 Å². The van der Waals surface area contributed by atoms with Crippen molar-refractivity contribution in [2.75, 3.05) is 0 Å². The highest BCUT2D eigenvalue weighted by Gasteiger charge is 2.66. The summed E-state index contributed by atoms with van der Waals surface area (Å²) in [5.74, 6) is 2.10. The first-order valence-corrected chi connectivity index (χ1v) is 13.9. The molecule has 1 heterocycles. The van der Waals surface area contributed by atoms with Crippen LogP contribution >= 0.6 is 0 Å². The summed E-state index contributed by atoms with van der Waals surface area (Å²) in [5.41, 5.74) is 1.24. The van der Waals surface area contributed by atoms with Gasteiger partial charge in [-0.25, -0.2) is 0 Å². The summed E-state index contributed by atoms with van der Waals surface area (Å²) >= 11 is 0. The summed E-state index contributed by atoms with van der Waals surface area (Å²) < 4.78 is 6.28. The van der Waals surface area contributed by atoms with Gasteiger partial charge in [0, 0.05) is 11.8 Å². The second-order valence-electron chi connectivity index (χ2n) is 14.6. The van der Waals surface area contributed by atoms with Gasteiger partial charge in [0.1, 0.15) is 18.0 Å². The Labute approximate surface area is 206 Å². The molecule has 2 N–H and O–H groups in total. The van der Waals surface area contributed by atoms with Gasteiger partial charge in [-0.3, -0.25) is 4.79 Å². The summed E-state index contributed by atoms with van der Waals surface area (Å²) in [6.45, 7) is 17.9. The van der Waals surface area contributed by atoms with Crippen LogP contribution in [0.3, 0.4) is 0 Å². The lowest BCUT2D eigenvalue weighted by Crippen LogP contribution is -2.57. The molecule has 0 radical (unpaired) electrons. The monoisotopic (exact) mass is 472 g/mol. The van der Waals surface area contributed by atoms with Crippen LogP contribution in [0.1, 0.15) is 100 Å². The van der Waals surface area contributed by atoms with E-state index >= 15 is 0 Å². The van der Waals surface area contributed by atoms with Crippen molar-refractivity contribution in [2.45, 2.75) is 124 Å². The van der Waals surface area contributed by atoms with Crippen LogP contribution in [0.5, 0.6) is 0 Å². The van der Waals surface area contributed by atoms with E-state index in [1.807, 2.05) is 13.8 Å². The highest BCUT2D eigenvalue weighted by atomic mass is 16.6. The zero-order valence-electron chi connectivity index (χ0n) is 22.8. The molecule has 34 heavy (non-hydrogen) atoms. The van der Waals surface area contributed by atoms with Crippen molar-refractivity contribution in [3.05, 3.63) is 11.6 Å². The lowest BCUT2D eigenvalue weighted by atomic mass is 9.41. The number of ketones is 1. The lowest BCUT2D eigenvalue weighted by Gasteiger charge is -2.63. The average molecular weight is 473 g/mol. The molecule has 1 aliphatic heterocycles. The van der Waals surface area contributed by atoms with Crippen molar-refractivity contribution in [1.29, 1.82) is 0 Å². The molecule has 4 fully saturated rings. The lowest BCUT2D eigenvalue weighted by molar-refractivity contribution is -0.146. The molecule has 192 valence electrons. The summed E-state index contributed by atoms with van der Waals surface area (Å²) in [6, 6.07) is 0. The van der Waals surface area contributed by atoms with Crippen molar-refractivity contribution in [3.8, 4) is 0 Å². The number of carbonyl (C=O) groups excluding carboxylic acids is 1. The standard InChI is InChI=1S/C30H48O4/c1-17(24-23(32)25(33)27(4,5)34-24)18-11-15-30(8)20-9-10-21-26(2,3)22(31)13-14-28(21,6)19(20)12-16-29(18,30)7/h9,17-19,21,23-25,32-33H,10-16H2,1-8H3/t17-,18-,19+,21?,23+,24-,25+,28-,29+,30-/m1/s1. The van der Waals surface area contributed by atoms with Gasteiger partial charge in [0.05, 0.1) is 11.7 Å². The Bertz CT molecular complexity index is 903. The van der Waals surface area contributed by atoms with Crippen LogP contribution in [-0.2, 0) is 9.53 Å². The van der Waals surface area contributed by atoms with E-state index in [2.05, 4.69) is 47.6 Å². The zero-order valence-corrected chi connectivity index (χ0v) is 22.8. The number of carbonyl (C=O) groups is 1. The summed E-state index contributed by atoms with van der Waals surface area (Å²) in [5, 5.41) is 21.5. The molecule has 0 aromatic carbocycles. The van der Waals surface area contributed by atoms with Gasteiger partial charge in [0.15, 0.2) is 0 Å². The van der Waals surface area contributed by atoms with Crippen LogP contribution in [0.4, 0.5) is 0 Å². The van der Waals surface area contributed by atoms with Crippen LogP contribution < -0.4 is 0 Å².